The van der Waals surface area contributed by atoms with Gasteiger partial charge >= 0.3 is 5.97 Å². The molecule has 2 heterocycles. The maximum atomic E-state index is 12.0. The molecule has 2 aromatic heterocycles. The minimum atomic E-state index is -0.431. The van der Waals surface area contributed by atoms with E-state index in [9.17, 15) is 4.79 Å². The van der Waals surface area contributed by atoms with Crippen molar-refractivity contribution in [1.29, 1.82) is 0 Å². The number of aromatic amines is 1. The zero-order valence-electron chi connectivity index (χ0n) is 14.6. The van der Waals surface area contributed by atoms with Gasteiger partial charge in [-0.05, 0) is 42.3 Å². The molecule has 3 aromatic rings. The van der Waals surface area contributed by atoms with Gasteiger partial charge in [0.05, 0.1) is 5.69 Å². The summed E-state index contributed by atoms with van der Waals surface area (Å²) in [6.45, 7) is 2.67. The van der Waals surface area contributed by atoms with Crippen LogP contribution in [0.3, 0.4) is 0 Å². The number of ether oxygens (including phenoxy) is 2. The molecule has 1 aromatic carbocycles. The highest BCUT2D eigenvalue weighted by atomic mass is 16.5. The molecule has 0 aliphatic carbocycles. The van der Waals surface area contributed by atoms with Crippen molar-refractivity contribution in [1.82, 2.24) is 15.2 Å². The summed E-state index contributed by atoms with van der Waals surface area (Å²) in [7, 11) is 0. The number of aromatic nitrogens is 3. The average molecular weight is 351 g/mol. The van der Waals surface area contributed by atoms with Gasteiger partial charge in [-0.1, -0.05) is 31.5 Å². The third-order valence-corrected chi connectivity index (χ3v) is 3.77. The van der Waals surface area contributed by atoms with E-state index in [0.717, 1.165) is 35.5 Å². The Bertz CT molecular complexity index is 829. The van der Waals surface area contributed by atoms with Gasteiger partial charge in [0.1, 0.15) is 19.0 Å². The number of rotatable bonds is 8. The second-order valence-corrected chi connectivity index (χ2v) is 5.86. The number of esters is 1. The summed E-state index contributed by atoms with van der Waals surface area (Å²) in [6, 6.07) is 14.9. The molecule has 0 radical (unpaired) electrons. The molecule has 3 rings (SSSR count). The second kappa shape index (κ2) is 8.80. The molecule has 6 nitrogen and oxygen atoms in total. The lowest BCUT2D eigenvalue weighted by molar-refractivity contribution is 0.0465. The van der Waals surface area contributed by atoms with Gasteiger partial charge in [0.25, 0.3) is 0 Å². The zero-order chi connectivity index (χ0) is 18.2. The Morgan fingerprint density at radius 1 is 1.12 bits per heavy atom. The summed E-state index contributed by atoms with van der Waals surface area (Å²) in [5, 5.41) is 6.84. The maximum Gasteiger partial charge on any atom is 0.359 e. The van der Waals surface area contributed by atoms with Crippen LogP contribution >= 0.6 is 0 Å². The van der Waals surface area contributed by atoms with E-state index in [4.69, 9.17) is 9.47 Å². The van der Waals surface area contributed by atoms with Gasteiger partial charge in [0.15, 0.2) is 5.69 Å². The smallest absolute Gasteiger partial charge is 0.359 e. The van der Waals surface area contributed by atoms with Gasteiger partial charge < -0.3 is 9.47 Å². The van der Waals surface area contributed by atoms with Crippen LogP contribution in [0.1, 0.15) is 40.8 Å². The van der Waals surface area contributed by atoms with Gasteiger partial charge in [-0.2, -0.15) is 5.10 Å². The molecule has 26 heavy (non-hydrogen) atoms. The maximum absolute atomic E-state index is 12.0. The first kappa shape index (κ1) is 17.7. The van der Waals surface area contributed by atoms with Crippen LogP contribution in [0.2, 0.25) is 0 Å². The number of benzene rings is 1. The van der Waals surface area contributed by atoms with E-state index in [-0.39, 0.29) is 6.61 Å². The van der Waals surface area contributed by atoms with E-state index in [1.165, 1.54) is 0 Å². The number of pyridine rings is 1. The fraction of sp³-hybridized carbons (Fsp3) is 0.250. The molecule has 0 saturated heterocycles. The molecule has 6 heteroatoms. The number of hydrogen-bond acceptors (Lipinski definition) is 5. The van der Waals surface area contributed by atoms with Gasteiger partial charge in [-0.3, -0.25) is 10.1 Å². The Morgan fingerprint density at radius 2 is 1.96 bits per heavy atom. The molecule has 0 unspecified atom stereocenters. The summed E-state index contributed by atoms with van der Waals surface area (Å²) in [4.78, 5) is 16.2. The van der Waals surface area contributed by atoms with Crippen molar-refractivity contribution >= 4 is 5.97 Å². The molecular formula is C20H21N3O3. The molecule has 0 bridgehead atoms. The van der Waals surface area contributed by atoms with Crippen LogP contribution in [-0.4, -0.2) is 21.2 Å². The fourth-order valence-electron chi connectivity index (χ4n) is 2.41. The topological polar surface area (TPSA) is 77.1 Å². The van der Waals surface area contributed by atoms with E-state index in [2.05, 4.69) is 22.1 Å². The standard InChI is InChI=1S/C20H21N3O3/c1-2-5-16-12-19(23-22-16)20(24)26-13-15-7-9-18(10-8-15)25-14-17-6-3-4-11-21-17/h3-4,6-12H,2,5,13-14H2,1H3,(H,22,23). The van der Waals surface area contributed by atoms with Gasteiger partial charge in [-0.15, -0.1) is 0 Å². The molecule has 0 aliphatic rings. The number of nitrogens with one attached hydrogen (secondary N) is 1. The Kier molecular flexibility index (Phi) is 5.98. The molecule has 134 valence electrons. The third-order valence-electron chi connectivity index (χ3n) is 3.77. The summed E-state index contributed by atoms with van der Waals surface area (Å²) in [5.74, 6) is 0.307. The Hall–Kier alpha value is -3.15. The van der Waals surface area contributed by atoms with Crippen molar-refractivity contribution < 1.29 is 14.3 Å². The van der Waals surface area contributed by atoms with Gasteiger partial charge in [0, 0.05) is 11.9 Å². The SMILES string of the molecule is CCCc1cc(C(=O)OCc2ccc(OCc3ccccn3)cc2)n[nH]1. The Labute approximate surface area is 152 Å². The average Bonchev–Trinajstić information content (AvgIpc) is 3.15. The summed E-state index contributed by atoms with van der Waals surface area (Å²) >= 11 is 0. The molecule has 0 atom stereocenters. The van der Waals surface area contributed by atoms with E-state index in [0.29, 0.717) is 12.3 Å². The van der Waals surface area contributed by atoms with Crippen molar-refractivity contribution in [3.05, 3.63) is 77.4 Å². The molecule has 0 aliphatic heterocycles. The molecule has 0 amide bonds. The monoisotopic (exact) mass is 351 g/mol. The normalized spacial score (nSPS) is 10.5. The van der Waals surface area contributed by atoms with E-state index < -0.39 is 5.97 Å². The number of aryl methyl sites for hydroxylation is 1. The van der Waals surface area contributed by atoms with Crippen LogP contribution < -0.4 is 4.74 Å². The molecule has 1 N–H and O–H groups in total. The number of carbonyl (C=O) groups excluding carboxylic acids is 1. The predicted molar refractivity (Wildman–Crippen MR) is 96.7 cm³/mol. The first-order chi connectivity index (χ1) is 12.7. The van der Waals surface area contributed by atoms with Crippen molar-refractivity contribution in [2.75, 3.05) is 0 Å². The van der Waals surface area contributed by atoms with Crippen LogP contribution in [0, 0.1) is 0 Å². The van der Waals surface area contributed by atoms with Crippen LogP contribution in [-0.2, 0) is 24.4 Å². The predicted octanol–water partition coefficient (Wildman–Crippen LogP) is 3.69. The fourth-order valence-corrected chi connectivity index (χ4v) is 2.41. The highest BCUT2D eigenvalue weighted by molar-refractivity contribution is 5.87. The van der Waals surface area contributed by atoms with Crippen molar-refractivity contribution in [2.45, 2.75) is 33.0 Å². The number of carbonyl (C=O) groups is 1. The number of hydrogen-bond donors (Lipinski definition) is 1. The van der Waals surface area contributed by atoms with Crippen molar-refractivity contribution in [2.24, 2.45) is 0 Å². The molecular weight excluding hydrogens is 330 g/mol. The zero-order valence-corrected chi connectivity index (χ0v) is 14.6. The second-order valence-electron chi connectivity index (χ2n) is 5.86. The number of nitrogens with zero attached hydrogens (tertiary/aromatic N) is 2. The third kappa shape index (κ3) is 4.92. The lowest BCUT2D eigenvalue weighted by atomic mass is 10.2. The molecule has 0 fully saturated rings. The molecule has 0 spiro atoms. The van der Waals surface area contributed by atoms with Crippen LogP contribution in [0.25, 0.3) is 0 Å². The minimum absolute atomic E-state index is 0.190. The van der Waals surface area contributed by atoms with Gasteiger partial charge in [0.2, 0.25) is 0 Å². The number of H-pyrrole nitrogens is 1. The Morgan fingerprint density at radius 3 is 2.69 bits per heavy atom. The highest BCUT2D eigenvalue weighted by Gasteiger charge is 2.12. The van der Waals surface area contributed by atoms with E-state index >= 15 is 0 Å². The molecule has 0 saturated carbocycles. The van der Waals surface area contributed by atoms with Crippen LogP contribution in [0.15, 0.2) is 54.7 Å². The minimum Gasteiger partial charge on any atom is -0.487 e. The highest BCUT2D eigenvalue weighted by Crippen LogP contribution is 2.15. The first-order valence-corrected chi connectivity index (χ1v) is 8.57. The lowest BCUT2D eigenvalue weighted by Gasteiger charge is -2.07. The quantitative estimate of drug-likeness (QED) is 0.626. The van der Waals surface area contributed by atoms with Crippen molar-refractivity contribution in [3.8, 4) is 5.75 Å². The van der Waals surface area contributed by atoms with E-state index in [1.54, 1.807) is 12.3 Å². The summed E-state index contributed by atoms with van der Waals surface area (Å²) in [6.07, 6.45) is 3.59. The van der Waals surface area contributed by atoms with Crippen molar-refractivity contribution in [3.63, 3.8) is 0 Å². The first-order valence-electron chi connectivity index (χ1n) is 8.57. The lowest BCUT2D eigenvalue weighted by Crippen LogP contribution is -2.05. The Balaban J connectivity index is 1.48. The summed E-state index contributed by atoms with van der Waals surface area (Å²) in [5.41, 5.74) is 3.00. The van der Waals surface area contributed by atoms with Gasteiger partial charge in [-0.25, -0.2) is 4.79 Å². The summed E-state index contributed by atoms with van der Waals surface area (Å²) < 4.78 is 11.0. The van der Waals surface area contributed by atoms with Crippen LogP contribution in [0.4, 0.5) is 0 Å². The largest absolute Gasteiger partial charge is 0.487 e. The van der Waals surface area contributed by atoms with E-state index in [1.807, 2.05) is 42.5 Å². The van der Waals surface area contributed by atoms with Crippen LogP contribution in [0.5, 0.6) is 5.75 Å².